The largest absolute Gasteiger partial charge is 0.381 e. The summed E-state index contributed by atoms with van der Waals surface area (Å²) in [6.07, 6.45) is 7.70. The van der Waals surface area contributed by atoms with E-state index in [1.807, 2.05) is 24.3 Å². The first-order chi connectivity index (χ1) is 9.81. The maximum atomic E-state index is 5.93. The first-order valence-electron chi connectivity index (χ1n) is 7.57. The fraction of sp³-hybridized carbons (Fsp3) is 0.500. The van der Waals surface area contributed by atoms with Crippen molar-refractivity contribution in [3.05, 3.63) is 24.3 Å². The third kappa shape index (κ3) is 4.08. The van der Waals surface area contributed by atoms with Crippen molar-refractivity contribution in [2.24, 2.45) is 0 Å². The Morgan fingerprint density at radius 3 is 2.35 bits per heavy atom. The molecule has 2 rings (SSSR count). The average Bonchev–Trinajstić information content (AvgIpc) is 2.46. The molecule has 0 radical (unpaired) electrons. The average molecular weight is 272 g/mol. The smallest absolute Gasteiger partial charge is 0.169 e. The zero-order valence-corrected chi connectivity index (χ0v) is 12.2. The number of nitrogen functional groups attached to an aromatic ring is 1. The summed E-state index contributed by atoms with van der Waals surface area (Å²) in [4.78, 5) is 8.89. The Morgan fingerprint density at radius 1 is 0.950 bits per heavy atom. The number of para-hydroxylation sites is 2. The van der Waals surface area contributed by atoms with Crippen LogP contribution < -0.4 is 11.1 Å². The highest BCUT2D eigenvalue weighted by molar-refractivity contribution is 5.79. The van der Waals surface area contributed by atoms with Gasteiger partial charge in [0.25, 0.3) is 0 Å². The van der Waals surface area contributed by atoms with Gasteiger partial charge in [-0.1, -0.05) is 51.2 Å². The van der Waals surface area contributed by atoms with E-state index in [1.165, 1.54) is 32.1 Å². The highest BCUT2D eigenvalue weighted by Gasteiger charge is 2.04. The maximum absolute atomic E-state index is 5.93. The number of anilines is 2. The fourth-order valence-electron chi connectivity index (χ4n) is 2.26. The quantitative estimate of drug-likeness (QED) is 0.713. The number of unbranched alkanes of at least 4 members (excludes halogenated alkanes) is 5. The van der Waals surface area contributed by atoms with Gasteiger partial charge in [0.2, 0.25) is 0 Å². The zero-order valence-electron chi connectivity index (χ0n) is 12.2. The van der Waals surface area contributed by atoms with Gasteiger partial charge in [-0.2, -0.15) is 0 Å². The number of benzene rings is 1. The fourth-order valence-corrected chi connectivity index (χ4v) is 2.26. The molecule has 0 aliphatic heterocycles. The molecule has 0 amide bonds. The lowest BCUT2D eigenvalue weighted by Gasteiger charge is -2.08. The van der Waals surface area contributed by atoms with Crippen LogP contribution in [0.15, 0.2) is 24.3 Å². The Morgan fingerprint density at radius 2 is 1.60 bits per heavy atom. The van der Waals surface area contributed by atoms with E-state index in [2.05, 4.69) is 22.2 Å². The zero-order chi connectivity index (χ0) is 14.2. The molecule has 0 atom stereocenters. The van der Waals surface area contributed by atoms with Crippen molar-refractivity contribution in [2.45, 2.75) is 45.4 Å². The second kappa shape index (κ2) is 7.68. The molecule has 0 bridgehead atoms. The number of aromatic nitrogens is 2. The molecular formula is C16H24N4. The number of nitrogens with zero attached hydrogens (tertiary/aromatic N) is 2. The number of hydrogen-bond donors (Lipinski definition) is 2. The van der Waals surface area contributed by atoms with Crippen LogP contribution in [0.1, 0.15) is 45.4 Å². The van der Waals surface area contributed by atoms with Crippen LogP contribution in [0.25, 0.3) is 11.0 Å². The summed E-state index contributed by atoms with van der Waals surface area (Å²) in [5, 5.41) is 3.30. The Balaban J connectivity index is 1.82. The molecule has 1 aromatic heterocycles. The molecule has 0 spiro atoms. The second-order valence-electron chi connectivity index (χ2n) is 5.14. The summed E-state index contributed by atoms with van der Waals surface area (Å²) in [6.45, 7) is 3.14. The maximum Gasteiger partial charge on any atom is 0.169 e. The van der Waals surface area contributed by atoms with Gasteiger partial charge in [-0.05, 0) is 18.6 Å². The molecule has 4 nitrogen and oxygen atoms in total. The van der Waals surface area contributed by atoms with Gasteiger partial charge in [-0.3, -0.25) is 0 Å². The van der Waals surface area contributed by atoms with E-state index in [1.54, 1.807) is 0 Å². The second-order valence-corrected chi connectivity index (χ2v) is 5.14. The number of fused-ring (bicyclic) bond motifs is 1. The molecule has 0 aliphatic rings. The first-order valence-corrected chi connectivity index (χ1v) is 7.57. The summed E-state index contributed by atoms with van der Waals surface area (Å²) >= 11 is 0. The SMILES string of the molecule is CCCCCCCCNc1nc2ccccc2nc1N. The van der Waals surface area contributed by atoms with E-state index in [0.29, 0.717) is 11.6 Å². The molecule has 0 saturated heterocycles. The lowest BCUT2D eigenvalue weighted by molar-refractivity contribution is 0.617. The minimum absolute atomic E-state index is 0.481. The van der Waals surface area contributed by atoms with Gasteiger partial charge in [0.05, 0.1) is 11.0 Å². The lowest BCUT2D eigenvalue weighted by atomic mass is 10.1. The Labute approximate surface area is 120 Å². The van der Waals surface area contributed by atoms with Crippen LogP contribution in [-0.4, -0.2) is 16.5 Å². The number of nitrogens with two attached hydrogens (primary N) is 1. The van der Waals surface area contributed by atoms with Crippen molar-refractivity contribution in [1.29, 1.82) is 0 Å². The van der Waals surface area contributed by atoms with E-state index in [9.17, 15) is 0 Å². The molecule has 0 aliphatic carbocycles. The van der Waals surface area contributed by atoms with Crippen molar-refractivity contribution in [3.63, 3.8) is 0 Å². The number of rotatable bonds is 8. The van der Waals surface area contributed by atoms with E-state index in [0.717, 1.165) is 24.0 Å². The van der Waals surface area contributed by atoms with Gasteiger partial charge in [-0.15, -0.1) is 0 Å². The third-order valence-electron chi connectivity index (χ3n) is 3.42. The molecule has 0 fully saturated rings. The molecule has 3 N–H and O–H groups in total. The molecular weight excluding hydrogens is 248 g/mol. The van der Waals surface area contributed by atoms with Crippen molar-refractivity contribution < 1.29 is 0 Å². The van der Waals surface area contributed by atoms with Crippen LogP contribution in [0.5, 0.6) is 0 Å². The number of hydrogen-bond acceptors (Lipinski definition) is 4. The van der Waals surface area contributed by atoms with E-state index < -0.39 is 0 Å². The summed E-state index contributed by atoms with van der Waals surface area (Å²) in [7, 11) is 0. The highest BCUT2D eigenvalue weighted by Crippen LogP contribution is 2.18. The van der Waals surface area contributed by atoms with Gasteiger partial charge in [0, 0.05) is 6.54 Å². The van der Waals surface area contributed by atoms with Crippen molar-refractivity contribution in [1.82, 2.24) is 9.97 Å². The van der Waals surface area contributed by atoms with Crippen LogP contribution in [-0.2, 0) is 0 Å². The Kier molecular flexibility index (Phi) is 5.59. The van der Waals surface area contributed by atoms with Crippen LogP contribution in [0.3, 0.4) is 0 Å². The van der Waals surface area contributed by atoms with Crippen molar-refractivity contribution >= 4 is 22.7 Å². The predicted molar refractivity (Wildman–Crippen MR) is 85.8 cm³/mol. The summed E-state index contributed by atoms with van der Waals surface area (Å²) in [5.74, 6) is 1.19. The minimum Gasteiger partial charge on any atom is -0.381 e. The van der Waals surface area contributed by atoms with Crippen molar-refractivity contribution in [3.8, 4) is 0 Å². The summed E-state index contributed by atoms with van der Waals surface area (Å²) in [5.41, 5.74) is 7.66. The lowest BCUT2D eigenvalue weighted by Crippen LogP contribution is -2.07. The van der Waals surface area contributed by atoms with E-state index in [4.69, 9.17) is 5.73 Å². The van der Waals surface area contributed by atoms with Crippen LogP contribution >= 0.6 is 0 Å². The Bertz CT molecular complexity index is 539. The summed E-state index contributed by atoms with van der Waals surface area (Å²) < 4.78 is 0. The molecule has 0 unspecified atom stereocenters. The standard InChI is InChI=1S/C16H24N4/c1-2-3-4-5-6-9-12-18-16-15(17)19-13-10-7-8-11-14(13)20-16/h7-8,10-11H,2-6,9,12H2,1H3,(H2,17,19)(H,18,20). The topological polar surface area (TPSA) is 63.8 Å². The van der Waals surface area contributed by atoms with Crippen LogP contribution in [0, 0.1) is 0 Å². The first kappa shape index (κ1) is 14.6. The van der Waals surface area contributed by atoms with E-state index >= 15 is 0 Å². The molecule has 20 heavy (non-hydrogen) atoms. The third-order valence-corrected chi connectivity index (χ3v) is 3.42. The monoisotopic (exact) mass is 272 g/mol. The van der Waals surface area contributed by atoms with Crippen LogP contribution in [0.2, 0.25) is 0 Å². The van der Waals surface area contributed by atoms with Gasteiger partial charge in [0.15, 0.2) is 11.6 Å². The molecule has 1 aromatic carbocycles. The Hall–Kier alpha value is -1.84. The van der Waals surface area contributed by atoms with Gasteiger partial charge >= 0.3 is 0 Å². The van der Waals surface area contributed by atoms with E-state index in [-0.39, 0.29) is 0 Å². The molecule has 108 valence electrons. The van der Waals surface area contributed by atoms with Gasteiger partial charge < -0.3 is 11.1 Å². The van der Waals surface area contributed by atoms with Gasteiger partial charge in [-0.25, -0.2) is 9.97 Å². The van der Waals surface area contributed by atoms with Gasteiger partial charge in [0.1, 0.15) is 0 Å². The molecule has 2 aromatic rings. The normalized spacial score (nSPS) is 10.8. The highest BCUT2D eigenvalue weighted by atomic mass is 15.1. The molecule has 4 heteroatoms. The predicted octanol–water partition coefficient (Wildman–Crippen LogP) is 3.98. The molecule has 0 saturated carbocycles. The van der Waals surface area contributed by atoms with Crippen LogP contribution in [0.4, 0.5) is 11.6 Å². The minimum atomic E-state index is 0.481. The number of nitrogens with one attached hydrogen (secondary N) is 1. The van der Waals surface area contributed by atoms with Crippen molar-refractivity contribution in [2.75, 3.05) is 17.6 Å². The molecule has 1 heterocycles. The summed E-state index contributed by atoms with van der Waals surface area (Å²) in [6, 6.07) is 7.79.